The van der Waals surface area contributed by atoms with Gasteiger partial charge in [-0.3, -0.25) is 0 Å². The minimum Gasteiger partial charge on any atom is -0.373 e. The molecule has 0 bridgehead atoms. The van der Waals surface area contributed by atoms with Gasteiger partial charge in [0, 0.05) is 12.6 Å². The van der Waals surface area contributed by atoms with Crippen molar-refractivity contribution in [1.29, 1.82) is 0 Å². The van der Waals surface area contributed by atoms with Crippen LogP contribution in [-0.4, -0.2) is 17.0 Å². The highest BCUT2D eigenvalue weighted by Gasteiger charge is 2.16. The Labute approximate surface area is 120 Å². The Kier molecular flexibility index (Phi) is 4.62. The first-order valence-electron chi connectivity index (χ1n) is 6.50. The first kappa shape index (κ1) is 15.1. The van der Waals surface area contributed by atoms with E-state index in [0.29, 0.717) is 18.1 Å². The van der Waals surface area contributed by atoms with Crippen molar-refractivity contribution in [1.82, 2.24) is 9.97 Å². The summed E-state index contributed by atoms with van der Waals surface area (Å²) in [5, 5.41) is 5.62. The molecule has 0 unspecified atom stereocenters. The first-order valence-corrected chi connectivity index (χ1v) is 6.50. The lowest BCUT2D eigenvalue weighted by atomic mass is 10.1. The van der Waals surface area contributed by atoms with Gasteiger partial charge in [-0.25, -0.2) is 23.1 Å². The van der Waals surface area contributed by atoms with Crippen molar-refractivity contribution in [3.05, 3.63) is 41.5 Å². The molecule has 2 aromatic rings. The van der Waals surface area contributed by atoms with Crippen LogP contribution in [0.3, 0.4) is 0 Å². The maximum absolute atomic E-state index is 13.7. The third-order valence-electron chi connectivity index (χ3n) is 2.97. The number of aromatic nitrogens is 2. The van der Waals surface area contributed by atoms with Crippen LogP contribution in [0.15, 0.2) is 18.5 Å². The van der Waals surface area contributed by atoms with Gasteiger partial charge in [0.25, 0.3) is 0 Å². The number of benzene rings is 1. The van der Waals surface area contributed by atoms with Crippen molar-refractivity contribution in [3.63, 3.8) is 0 Å². The van der Waals surface area contributed by atoms with E-state index in [9.17, 15) is 13.2 Å². The summed E-state index contributed by atoms with van der Waals surface area (Å²) in [5.41, 5.74) is 0.582. The second-order valence-corrected chi connectivity index (χ2v) is 4.40. The molecule has 4 nitrogen and oxygen atoms in total. The van der Waals surface area contributed by atoms with Crippen LogP contribution in [0.25, 0.3) is 0 Å². The maximum atomic E-state index is 13.7. The van der Waals surface area contributed by atoms with Crippen molar-refractivity contribution in [2.24, 2.45) is 0 Å². The molecule has 2 rings (SSSR count). The smallest absolute Gasteiger partial charge is 0.196 e. The summed E-state index contributed by atoms with van der Waals surface area (Å²) in [6.45, 7) is 1.98. The molecule has 0 aliphatic heterocycles. The Bertz CT molecular complexity index is 646. The zero-order valence-corrected chi connectivity index (χ0v) is 11.7. The molecule has 0 atom stereocenters. The number of nitrogens with zero attached hydrogens (tertiary/aromatic N) is 2. The van der Waals surface area contributed by atoms with Crippen LogP contribution in [0, 0.1) is 17.5 Å². The fourth-order valence-corrected chi connectivity index (χ4v) is 1.97. The number of hydrogen-bond acceptors (Lipinski definition) is 4. The SMILES string of the molecule is CCCc1c(NC)ncnc1Nc1ccc(F)c(F)c1F. The fraction of sp³-hybridized carbons (Fsp3) is 0.286. The molecule has 1 heterocycles. The minimum atomic E-state index is -1.51. The molecule has 0 fully saturated rings. The summed E-state index contributed by atoms with van der Waals surface area (Å²) in [6.07, 6.45) is 2.80. The van der Waals surface area contributed by atoms with Gasteiger partial charge in [-0.1, -0.05) is 13.3 Å². The highest BCUT2D eigenvalue weighted by Crippen LogP contribution is 2.27. The molecule has 7 heteroatoms. The highest BCUT2D eigenvalue weighted by molar-refractivity contribution is 5.65. The lowest BCUT2D eigenvalue weighted by Gasteiger charge is -2.14. The average molecular weight is 296 g/mol. The fourth-order valence-electron chi connectivity index (χ4n) is 1.97. The Morgan fingerprint density at radius 1 is 1.05 bits per heavy atom. The molecule has 0 saturated heterocycles. The lowest BCUT2D eigenvalue weighted by molar-refractivity contribution is 0.449. The molecule has 0 saturated carbocycles. The molecule has 0 spiro atoms. The monoisotopic (exact) mass is 296 g/mol. The van der Waals surface area contributed by atoms with E-state index in [0.717, 1.165) is 24.1 Å². The van der Waals surface area contributed by atoms with E-state index in [1.54, 1.807) is 7.05 Å². The van der Waals surface area contributed by atoms with E-state index in [1.807, 2.05) is 6.92 Å². The first-order chi connectivity index (χ1) is 10.1. The van der Waals surface area contributed by atoms with Crippen molar-refractivity contribution < 1.29 is 13.2 Å². The zero-order chi connectivity index (χ0) is 15.4. The Morgan fingerprint density at radius 2 is 1.76 bits per heavy atom. The minimum absolute atomic E-state index is 0.174. The second-order valence-electron chi connectivity index (χ2n) is 4.40. The lowest BCUT2D eigenvalue weighted by Crippen LogP contribution is -2.07. The topological polar surface area (TPSA) is 49.8 Å². The molecule has 0 aliphatic carbocycles. The molecule has 0 aliphatic rings. The second kappa shape index (κ2) is 6.43. The molecule has 1 aromatic carbocycles. The number of anilines is 3. The number of hydrogen-bond donors (Lipinski definition) is 2. The third kappa shape index (κ3) is 3.07. The van der Waals surface area contributed by atoms with Gasteiger partial charge >= 0.3 is 0 Å². The van der Waals surface area contributed by atoms with Gasteiger partial charge in [0.15, 0.2) is 17.5 Å². The standard InChI is InChI=1S/C14H15F3N4/c1-3-4-8-13(18-2)19-7-20-14(8)21-10-6-5-9(15)11(16)12(10)17/h5-7H,3-4H2,1-2H3,(H2,18,19,20,21). The van der Waals surface area contributed by atoms with Crippen LogP contribution in [0.5, 0.6) is 0 Å². The van der Waals surface area contributed by atoms with E-state index in [1.165, 1.54) is 6.33 Å². The van der Waals surface area contributed by atoms with E-state index in [-0.39, 0.29) is 5.69 Å². The maximum Gasteiger partial charge on any atom is 0.196 e. The van der Waals surface area contributed by atoms with Gasteiger partial charge in [-0.15, -0.1) is 0 Å². The number of rotatable bonds is 5. The van der Waals surface area contributed by atoms with Crippen molar-refractivity contribution >= 4 is 17.3 Å². The highest BCUT2D eigenvalue weighted by atomic mass is 19.2. The summed E-state index contributed by atoms with van der Waals surface area (Å²) in [5.74, 6) is -3.05. The molecule has 2 N–H and O–H groups in total. The van der Waals surface area contributed by atoms with E-state index < -0.39 is 17.5 Å². The zero-order valence-electron chi connectivity index (χ0n) is 11.7. The molecular weight excluding hydrogens is 281 g/mol. The molecule has 0 amide bonds. The molecule has 21 heavy (non-hydrogen) atoms. The molecule has 1 aromatic heterocycles. The Hall–Kier alpha value is -2.31. The van der Waals surface area contributed by atoms with Crippen LogP contribution in [-0.2, 0) is 6.42 Å². The normalized spacial score (nSPS) is 10.5. The molecule has 112 valence electrons. The number of nitrogens with one attached hydrogen (secondary N) is 2. The van der Waals surface area contributed by atoms with Gasteiger partial charge in [0.05, 0.1) is 5.69 Å². The molecular formula is C14H15F3N4. The van der Waals surface area contributed by atoms with Crippen LogP contribution in [0.2, 0.25) is 0 Å². The summed E-state index contributed by atoms with van der Waals surface area (Å²) < 4.78 is 39.9. The Balaban J connectivity index is 2.42. The van der Waals surface area contributed by atoms with E-state index in [2.05, 4.69) is 20.6 Å². The van der Waals surface area contributed by atoms with Crippen molar-refractivity contribution in [2.75, 3.05) is 17.7 Å². The van der Waals surface area contributed by atoms with E-state index >= 15 is 0 Å². The van der Waals surface area contributed by atoms with Crippen LogP contribution in [0.1, 0.15) is 18.9 Å². The Morgan fingerprint density at radius 3 is 2.43 bits per heavy atom. The summed E-state index contributed by atoms with van der Waals surface area (Å²) >= 11 is 0. The third-order valence-corrected chi connectivity index (χ3v) is 2.97. The van der Waals surface area contributed by atoms with Gasteiger partial charge in [0.1, 0.15) is 18.0 Å². The van der Waals surface area contributed by atoms with Crippen molar-refractivity contribution in [3.8, 4) is 0 Å². The molecule has 0 radical (unpaired) electrons. The van der Waals surface area contributed by atoms with Crippen LogP contribution >= 0.6 is 0 Å². The summed E-state index contributed by atoms with van der Waals surface area (Å²) in [7, 11) is 1.71. The summed E-state index contributed by atoms with van der Waals surface area (Å²) in [6, 6.07) is 1.99. The van der Waals surface area contributed by atoms with Gasteiger partial charge in [-0.2, -0.15) is 0 Å². The van der Waals surface area contributed by atoms with Crippen molar-refractivity contribution in [2.45, 2.75) is 19.8 Å². The van der Waals surface area contributed by atoms with Gasteiger partial charge < -0.3 is 10.6 Å². The predicted molar refractivity (Wildman–Crippen MR) is 75.2 cm³/mol. The predicted octanol–water partition coefficient (Wildman–Crippen LogP) is 3.63. The van der Waals surface area contributed by atoms with Gasteiger partial charge in [-0.05, 0) is 18.6 Å². The quantitative estimate of drug-likeness (QED) is 0.827. The largest absolute Gasteiger partial charge is 0.373 e. The van der Waals surface area contributed by atoms with E-state index in [4.69, 9.17) is 0 Å². The summed E-state index contributed by atoms with van der Waals surface area (Å²) in [4.78, 5) is 8.13. The number of halogens is 3. The van der Waals surface area contributed by atoms with Gasteiger partial charge in [0.2, 0.25) is 0 Å². The van der Waals surface area contributed by atoms with Crippen LogP contribution < -0.4 is 10.6 Å². The average Bonchev–Trinajstić information content (AvgIpc) is 2.49. The van der Waals surface area contributed by atoms with Crippen LogP contribution in [0.4, 0.5) is 30.5 Å².